The highest BCUT2D eigenvalue weighted by Crippen LogP contribution is 2.25. The molecule has 2 aromatic rings. The van der Waals surface area contributed by atoms with Crippen molar-refractivity contribution in [1.82, 2.24) is 4.31 Å². The van der Waals surface area contributed by atoms with Crippen LogP contribution in [-0.4, -0.2) is 36.9 Å². The summed E-state index contributed by atoms with van der Waals surface area (Å²) >= 11 is 0. The number of carboxylic acid groups (broad SMARTS) is 1. The number of hydrogen-bond acceptors (Lipinski definition) is 3. The van der Waals surface area contributed by atoms with Gasteiger partial charge in [0.1, 0.15) is 0 Å². The van der Waals surface area contributed by atoms with Gasteiger partial charge < -0.3 is 5.11 Å². The summed E-state index contributed by atoms with van der Waals surface area (Å²) in [5.74, 6) is -0.639. The van der Waals surface area contributed by atoms with E-state index < -0.39 is 16.0 Å². The van der Waals surface area contributed by atoms with Crippen molar-refractivity contribution in [2.75, 3.05) is 13.1 Å². The van der Waals surface area contributed by atoms with Crippen molar-refractivity contribution in [2.45, 2.75) is 18.6 Å². The molecule has 1 atom stereocenters. The molecule has 0 aromatic heterocycles. The first-order valence-corrected chi connectivity index (χ1v) is 9.89. The monoisotopic (exact) mass is 359 g/mol. The topological polar surface area (TPSA) is 74.7 Å². The van der Waals surface area contributed by atoms with Crippen LogP contribution in [0.3, 0.4) is 0 Å². The summed E-state index contributed by atoms with van der Waals surface area (Å²) < 4.78 is 26.7. The van der Waals surface area contributed by atoms with Gasteiger partial charge in [0.05, 0.1) is 11.3 Å². The molecule has 0 bridgehead atoms. The summed E-state index contributed by atoms with van der Waals surface area (Å²) in [4.78, 5) is 10.9. The van der Waals surface area contributed by atoms with Crippen molar-refractivity contribution in [2.24, 2.45) is 5.92 Å². The van der Waals surface area contributed by atoms with Crippen molar-refractivity contribution >= 4 is 16.0 Å². The number of aromatic carboxylic acids is 1. The van der Waals surface area contributed by atoms with Gasteiger partial charge in [-0.1, -0.05) is 42.5 Å². The van der Waals surface area contributed by atoms with Crippen molar-refractivity contribution in [3.8, 4) is 0 Å². The second-order valence-electron chi connectivity index (χ2n) is 6.46. The lowest BCUT2D eigenvalue weighted by molar-refractivity contribution is 0.0697. The molecule has 3 rings (SSSR count). The Morgan fingerprint density at radius 1 is 1.04 bits per heavy atom. The van der Waals surface area contributed by atoms with E-state index in [1.807, 2.05) is 42.5 Å². The van der Waals surface area contributed by atoms with Crippen LogP contribution in [0.2, 0.25) is 0 Å². The van der Waals surface area contributed by atoms with E-state index in [9.17, 15) is 13.2 Å². The van der Waals surface area contributed by atoms with E-state index >= 15 is 0 Å². The minimum atomic E-state index is -3.30. The maximum absolute atomic E-state index is 12.6. The summed E-state index contributed by atoms with van der Waals surface area (Å²) in [6.45, 7) is 1.07. The Labute approximate surface area is 148 Å². The third-order valence-electron chi connectivity index (χ3n) is 4.56. The molecule has 0 unspecified atom stereocenters. The molecule has 1 saturated heterocycles. The Kier molecular flexibility index (Phi) is 5.20. The number of sulfonamides is 1. The lowest BCUT2D eigenvalue weighted by Crippen LogP contribution is -2.30. The first-order valence-electron chi connectivity index (χ1n) is 8.28. The van der Waals surface area contributed by atoms with Crippen LogP contribution in [-0.2, 0) is 22.2 Å². The predicted octanol–water partition coefficient (Wildman–Crippen LogP) is 2.78. The maximum Gasteiger partial charge on any atom is 0.335 e. The smallest absolute Gasteiger partial charge is 0.335 e. The Bertz CT molecular complexity index is 831. The van der Waals surface area contributed by atoms with Gasteiger partial charge in [-0.25, -0.2) is 17.5 Å². The van der Waals surface area contributed by atoms with Crippen LogP contribution in [0.4, 0.5) is 0 Å². The number of carbonyl (C=O) groups is 1. The van der Waals surface area contributed by atoms with Crippen LogP contribution >= 0.6 is 0 Å². The van der Waals surface area contributed by atoms with Crippen molar-refractivity contribution < 1.29 is 18.3 Å². The molecule has 1 fully saturated rings. The lowest BCUT2D eigenvalue weighted by atomic mass is 9.98. The number of carboxylic acids is 1. The molecule has 1 N–H and O–H groups in total. The van der Waals surface area contributed by atoms with Crippen LogP contribution in [0.25, 0.3) is 0 Å². The van der Waals surface area contributed by atoms with E-state index in [2.05, 4.69) is 0 Å². The zero-order valence-corrected chi connectivity index (χ0v) is 14.7. The van der Waals surface area contributed by atoms with Gasteiger partial charge in [-0.3, -0.25) is 0 Å². The standard InChI is InChI=1S/C19H21NO4S/c21-19(22)18-8-6-15(7-9-18)12-17-10-11-20(13-17)25(23,24)14-16-4-2-1-3-5-16/h1-9,17H,10-14H2,(H,21,22)/t17-/m0/s1. The molecule has 2 aromatic carbocycles. The highest BCUT2D eigenvalue weighted by molar-refractivity contribution is 7.88. The normalized spacial score (nSPS) is 18.3. The molecule has 5 nitrogen and oxygen atoms in total. The third kappa shape index (κ3) is 4.46. The third-order valence-corrected chi connectivity index (χ3v) is 6.38. The lowest BCUT2D eigenvalue weighted by Gasteiger charge is -2.17. The molecule has 0 aliphatic carbocycles. The zero-order chi connectivity index (χ0) is 17.9. The fourth-order valence-electron chi connectivity index (χ4n) is 3.21. The molecule has 1 heterocycles. The van der Waals surface area contributed by atoms with E-state index in [1.54, 1.807) is 16.4 Å². The molecule has 0 radical (unpaired) electrons. The minimum Gasteiger partial charge on any atom is -0.478 e. The van der Waals surface area contributed by atoms with Crippen molar-refractivity contribution in [1.29, 1.82) is 0 Å². The Hall–Kier alpha value is -2.18. The van der Waals surface area contributed by atoms with Crippen LogP contribution in [0.1, 0.15) is 27.9 Å². The summed E-state index contributed by atoms with van der Waals surface area (Å²) in [7, 11) is -3.30. The van der Waals surface area contributed by atoms with E-state index in [1.165, 1.54) is 0 Å². The van der Waals surface area contributed by atoms with Gasteiger partial charge in [-0.05, 0) is 42.0 Å². The average Bonchev–Trinajstić information content (AvgIpc) is 3.05. The van der Waals surface area contributed by atoms with Crippen LogP contribution in [0.15, 0.2) is 54.6 Å². The highest BCUT2D eigenvalue weighted by atomic mass is 32.2. The second kappa shape index (κ2) is 7.37. The van der Waals surface area contributed by atoms with Crippen molar-refractivity contribution in [3.63, 3.8) is 0 Å². The Morgan fingerprint density at radius 3 is 2.36 bits per heavy atom. The molecule has 1 aliphatic heterocycles. The molecule has 0 amide bonds. The van der Waals surface area contributed by atoms with Gasteiger partial charge in [0.2, 0.25) is 10.0 Å². The van der Waals surface area contributed by atoms with Gasteiger partial charge in [-0.2, -0.15) is 0 Å². The zero-order valence-electron chi connectivity index (χ0n) is 13.8. The minimum absolute atomic E-state index is 0.0356. The van der Waals surface area contributed by atoms with E-state index in [4.69, 9.17) is 5.11 Å². The summed E-state index contributed by atoms with van der Waals surface area (Å²) in [6.07, 6.45) is 1.59. The summed E-state index contributed by atoms with van der Waals surface area (Å²) in [5, 5.41) is 8.93. The van der Waals surface area contributed by atoms with Gasteiger partial charge in [-0.15, -0.1) is 0 Å². The maximum atomic E-state index is 12.6. The van der Waals surface area contributed by atoms with Crippen LogP contribution in [0.5, 0.6) is 0 Å². The van der Waals surface area contributed by atoms with E-state index in [0.29, 0.717) is 13.1 Å². The summed E-state index contributed by atoms with van der Waals surface area (Å²) in [6, 6.07) is 16.0. The number of nitrogens with zero attached hydrogens (tertiary/aromatic N) is 1. The Balaban J connectivity index is 1.60. The van der Waals surface area contributed by atoms with Gasteiger partial charge in [0.15, 0.2) is 0 Å². The average molecular weight is 359 g/mol. The van der Waals surface area contributed by atoms with E-state index in [0.717, 1.165) is 24.0 Å². The fraction of sp³-hybridized carbons (Fsp3) is 0.316. The number of hydrogen-bond donors (Lipinski definition) is 1. The number of rotatable bonds is 6. The van der Waals surface area contributed by atoms with Gasteiger partial charge in [0, 0.05) is 13.1 Å². The predicted molar refractivity (Wildman–Crippen MR) is 95.9 cm³/mol. The fourth-order valence-corrected chi connectivity index (χ4v) is 4.83. The number of benzene rings is 2. The second-order valence-corrected chi connectivity index (χ2v) is 8.43. The molecular weight excluding hydrogens is 338 g/mol. The molecule has 132 valence electrons. The summed E-state index contributed by atoms with van der Waals surface area (Å²) in [5.41, 5.74) is 2.11. The molecule has 0 spiro atoms. The molecule has 6 heteroatoms. The van der Waals surface area contributed by atoms with E-state index in [-0.39, 0.29) is 17.2 Å². The first kappa shape index (κ1) is 17.6. The van der Waals surface area contributed by atoms with Crippen LogP contribution in [0, 0.1) is 5.92 Å². The quantitative estimate of drug-likeness (QED) is 0.861. The molecule has 0 saturated carbocycles. The highest BCUT2D eigenvalue weighted by Gasteiger charge is 2.31. The largest absolute Gasteiger partial charge is 0.478 e. The SMILES string of the molecule is O=C(O)c1ccc(C[C@@H]2CCN(S(=O)(=O)Cc3ccccc3)C2)cc1. The van der Waals surface area contributed by atoms with Gasteiger partial charge in [0.25, 0.3) is 0 Å². The van der Waals surface area contributed by atoms with Crippen LogP contribution < -0.4 is 0 Å². The first-order chi connectivity index (χ1) is 11.9. The molecular formula is C19H21NO4S. The van der Waals surface area contributed by atoms with Gasteiger partial charge >= 0.3 is 5.97 Å². The molecule has 25 heavy (non-hydrogen) atoms. The van der Waals surface area contributed by atoms with Crippen molar-refractivity contribution in [3.05, 3.63) is 71.3 Å². The Morgan fingerprint density at radius 2 is 1.72 bits per heavy atom. The molecule has 1 aliphatic rings.